The topological polar surface area (TPSA) is 50.3 Å². The Hall–Kier alpha value is -0.760. The summed E-state index contributed by atoms with van der Waals surface area (Å²) in [6.45, 7) is 4.45. The third-order valence-electron chi connectivity index (χ3n) is 2.92. The molecule has 0 amide bonds. The number of aromatic nitrogens is 1. The molecule has 0 saturated carbocycles. The first kappa shape index (κ1) is 15.6. The van der Waals surface area contributed by atoms with Crippen molar-refractivity contribution < 1.29 is 8.42 Å². The van der Waals surface area contributed by atoms with Gasteiger partial charge in [-0.1, -0.05) is 6.92 Å². The summed E-state index contributed by atoms with van der Waals surface area (Å²) in [4.78, 5) is 5.12. The number of hydrogen-bond acceptors (Lipinski definition) is 4. The molecule has 0 fully saturated rings. The molecule has 2 aromatic heterocycles. The minimum absolute atomic E-state index is 0.355. The Morgan fingerprint density at radius 3 is 2.50 bits per heavy atom. The van der Waals surface area contributed by atoms with E-state index in [9.17, 15) is 8.42 Å². The molecule has 0 bridgehead atoms. The van der Waals surface area contributed by atoms with Gasteiger partial charge in [-0.2, -0.15) is 4.31 Å². The summed E-state index contributed by atoms with van der Waals surface area (Å²) in [5.74, 6) is 0. The lowest BCUT2D eigenvalue weighted by molar-refractivity contribution is 0.423. The first-order chi connectivity index (χ1) is 9.45. The van der Waals surface area contributed by atoms with Crippen molar-refractivity contribution in [2.24, 2.45) is 0 Å². The van der Waals surface area contributed by atoms with Gasteiger partial charge in [-0.3, -0.25) is 4.98 Å². The zero-order chi connectivity index (χ0) is 14.8. The molecule has 2 aromatic rings. The van der Waals surface area contributed by atoms with Gasteiger partial charge in [-0.15, -0.1) is 11.3 Å². The predicted molar refractivity (Wildman–Crippen MR) is 84.3 cm³/mol. The molecular weight excluding hydrogens is 360 g/mol. The highest BCUT2D eigenvalue weighted by atomic mass is 79.9. The summed E-state index contributed by atoms with van der Waals surface area (Å²) >= 11 is 4.77. The minimum Gasteiger partial charge on any atom is -0.265 e. The van der Waals surface area contributed by atoms with E-state index in [1.165, 1.54) is 15.6 Å². The molecule has 0 spiro atoms. The van der Waals surface area contributed by atoms with Crippen LogP contribution < -0.4 is 0 Å². The molecule has 0 aliphatic heterocycles. The van der Waals surface area contributed by atoms with E-state index in [-0.39, 0.29) is 0 Å². The maximum atomic E-state index is 12.7. The Balaban J connectivity index is 2.33. The highest BCUT2D eigenvalue weighted by Gasteiger charge is 2.26. The lowest BCUT2D eigenvalue weighted by atomic mass is 10.3. The second-order valence-corrected chi connectivity index (χ2v) is 8.80. The SMILES string of the molecule is CCN(Cc1ccncc1)S(=O)(=O)c1cc(Br)sc1C. The second kappa shape index (κ2) is 6.34. The maximum absolute atomic E-state index is 12.7. The highest BCUT2D eigenvalue weighted by molar-refractivity contribution is 9.11. The van der Waals surface area contributed by atoms with E-state index >= 15 is 0 Å². The van der Waals surface area contributed by atoms with Crippen LogP contribution in [0.2, 0.25) is 0 Å². The molecule has 0 unspecified atom stereocenters. The van der Waals surface area contributed by atoms with Gasteiger partial charge in [0.15, 0.2) is 0 Å². The number of nitrogens with zero attached hydrogens (tertiary/aromatic N) is 2. The van der Waals surface area contributed by atoms with E-state index < -0.39 is 10.0 Å². The van der Waals surface area contributed by atoms with Crippen LogP contribution in [0.25, 0.3) is 0 Å². The molecule has 2 rings (SSSR count). The van der Waals surface area contributed by atoms with Crippen molar-refractivity contribution in [1.82, 2.24) is 9.29 Å². The predicted octanol–water partition coefficient (Wildman–Crippen LogP) is 3.42. The van der Waals surface area contributed by atoms with Crippen molar-refractivity contribution in [2.75, 3.05) is 6.54 Å². The summed E-state index contributed by atoms with van der Waals surface area (Å²) in [6.07, 6.45) is 3.34. The standard InChI is InChI=1S/C13H15BrN2O2S2/c1-3-16(9-11-4-6-15-7-5-11)20(17,18)12-8-13(14)19-10(12)2/h4-8H,3,9H2,1-2H3. The van der Waals surface area contributed by atoms with Crippen molar-refractivity contribution in [3.05, 3.63) is 44.8 Å². The Labute approximate surface area is 131 Å². The van der Waals surface area contributed by atoms with Gasteiger partial charge in [0, 0.05) is 30.4 Å². The van der Waals surface area contributed by atoms with Crippen molar-refractivity contribution in [2.45, 2.75) is 25.3 Å². The quantitative estimate of drug-likeness (QED) is 0.805. The fourth-order valence-corrected chi connectivity index (χ4v) is 5.70. The lowest BCUT2D eigenvalue weighted by Gasteiger charge is -2.20. The normalized spacial score (nSPS) is 12.0. The second-order valence-electron chi connectivity index (χ2n) is 4.26. The zero-order valence-corrected chi connectivity index (χ0v) is 14.4. The van der Waals surface area contributed by atoms with E-state index in [2.05, 4.69) is 20.9 Å². The van der Waals surface area contributed by atoms with Crippen molar-refractivity contribution in [3.8, 4) is 0 Å². The molecule has 0 N–H and O–H groups in total. The van der Waals surface area contributed by atoms with Gasteiger partial charge in [-0.25, -0.2) is 8.42 Å². The minimum atomic E-state index is -3.47. The van der Waals surface area contributed by atoms with Gasteiger partial charge < -0.3 is 0 Å². The molecule has 0 aromatic carbocycles. The summed E-state index contributed by atoms with van der Waals surface area (Å²) in [5.41, 5.74) is 0.928. The summed E-state index contributed by atoms with van der Waals surface area (Å²) in [5, 5.41) is 0. The number of halogens is 1. The van der Waals surface area contributed by atoms with Gasteiger partial charge in [0.05, 0.1) is 8.68 Å². The number of thiophene rings is 1. The smallest absolute Gasteiger partial charge is 0.244 e. The third-order valence-corrected chi connectivity index (χ3v) is 6.65. The van der Waals surface area contributed by atoms with Gasteiger partial charge in [0.25, 0.3) is 0 Å². The fourth-order valence-electron chi connectivity index (χ4n) is 1.88. The molecule has 4 nitrogen and oxygen atoms in total. The fraction of sp³-hybridized carbons (Fsp3) is 0.308. The molecular formula is C13H15BrN2O2S2. The number of aryl methyl sites for hydroxylation is 1. The first-order valence-electron chi connectivity index (χ1n) is 6.10. The molecule has 0 saturated heterocycles. The molecule has 108 valence electrons. The number of rotatable bonds is 5. The van der Waals surface area contributed by atoms with E-state index in [4.69, 9.17) is 0 Å². The molecule has 20 heavy (non-hydrogen) atoms. The van der Waals surface area contributed by atoms with Crippen LogP contribution >= 0.6 is 27.3 Å². The summed E-state index contributed by atoms with van der Waals surface area (Å²) < 4.78 is 27.7. The van der Waals surface area contributed by atoms with Crippen LogP contribution in [0.5, 0.6) is 0 Å². The van der Waals surface area contributed by atoms with E-state index in [0.717, 1.165) is 14.2 Å². The largest absolute Gasteiger partial charge is 0.265 e. The van der Waals surface area contributed by atoms with E-state index in [1.54, 1.807) is 18.5 Å². The summed E-state index contributed by atoms with van der Waals surface area (Å²) in [7, 11) is -3.47. The maximum Gasteiger partial charge on any atom is 0.244 e. The molecule has 2 heterocycles. The van der Waals surface area contributed by atoms with Gasteiger partial charge in [0.1, 0.15) is 0 Å². The Morgan fingerprint density at radius 2 is 2.00 bits per heavy atom. The van der Waals surface area contributed by atoms with Gasteiger partial charge >= 0.3 is 0 Å². The Bertz CT molecular complexity index is 684. The van der Waals surface area contributed by atoms with Gasteiger partial charge in [0.2, 0.25) is 10.0 Å². The van der Waals surface area contributed by atoms with Gasteiger partial charge in [-0.05, 0) is 46.6 Å². The first-order valence-corrected chi connectivity index (χ1v) is 9.15. The van der Waals surface area contributed by atoms with Crippen LogP contribution in [0.1, 0.15) is 17.4 Å². The monoisotopic (exact) mass is 374 g/mol. The van der Waals surface area contributed by atoms with Crippen molar-refractivity contribution in [1.29, 1.82) is 0 Å². The molecule has 0 aliphatic rings. The van der Waals surface area contributed by atoms with Crippen molar-refractivity contribution >= 4 is 37.3 Å². The summed E-state index contributed by atoms with van der Waals surface area (Å²) in [6, 6.07) is 5.33. The molecule has 0 atom stereocenters. The molecule has 7 heteroatoms. The van der Waals surface area contributed by atoms with Crippen LogP contribution in [-0.2, 0) is 16.6 Å². The lowest BCUT2D eigenvalue weighted by Crippen LogP contribution is -2.30. The highest BCUT2D eigenvalue weighted by Crippen LogP contribution is 2.31. The molecule has 0 aliphatic carbocycles. The Kier molecular flexibility index (Phi) is 4.95. The van der Waals surface area contributed by atoms with E-state index in [0.29, 0.717) is 18.0 Å². The van der Waals surface area contributed by atoms with Crippen molar-refractivity contribution in [3.63, 3.8) is 0 Å². The van der Waals surface area contributed by atoms with Crippen LogP contribution in [0.3, 0.4) is 0 Å². The van der Waals surface area contributed by atoms with Crippen LogP contribution in [-0.4, -0.2) is 24.3 Å². The molecule has 0 radical (unpaired) electrons. The average Bonchev–Trinajstić information content (AvgIpc) is 2.76. The zero-order valence-electron chi connectivity index (χ0n) is 11.2. The third kappa shape index (κ3) is 3.28. The average molecular weight is 375 g/mol. The van der Waals surface area contributed by atoms with Crippen LogP contribution in [0.4, 0.5) is 0 Å². The Morgan fingerprint density at radius 1 is 1.35 bits per heavy atom. The van der Waals surface area contributed by atoms with E-state index in [1.807, 2.05) is 26.0 Å². The van der Waals surface area contributed by atoms with Crippen LogP contribution in [0.15, 0.2) is 39.3 Å². The number of pyridine rings is 1. The number of hydrogen-bond donors (Lipinski definition) is 0. The number of sulfonamides is 1. The van der Waals surface area contributed by atoms with Crippen LogP contribution in [0, 0.1) is 6.92 Å².